The van der Waals surface area contributed by atoms with Gasteiger partial charge in [-0.1, -0.05) is 13.8 Å². The Morgan fingerprint density at radius 1 is 1.50 bits per heavy atom. The molecule has 0 unspecified atom stereocenters. The molecule has 1 rings (SSSR count). The summed E-state index contributed by atoms with van der Waals surface area (Å²) in [7, 11) is 0. The van der Waals surface area contributed by atoms with Crippen molar-refractivity contribution in [3.63, 3.8) is 0 Å². The van der Waals surface area contributed by atoms with E-state index < -0.39 is 5.41 Å². The van der Waals surface area contributed by atoms with Crippen LogP contribution in [0.2, 0.25) is 0 Å². The van der Waals surface area contributed by atoms with Crippen LogP contribution in [0.25, 0.3) is 0 Å². The van der Waals surface area contributed by atoms with Crippen molar-refractivity contribution >= 4 is 5.95 Å². The van der Waals surface area contributed by atoms with Crippen molar-refractivity contribution in [1.82, 2.24) is 14.9 Å². The van der Waals surface area contributed by atoms with Crippen molar-refractivity contribution in [3.05, 3.63) is 5.82 Å². The molecule has 0 spiro atoms. The van der Waals surface area contributed by atoms with E-state index in [1.54, 1.807) is 13.8 Å². The lowest BCUT2D eigenvalue weighted by Gasteiger charge is -2.19. The highest BCUT2D eigenvalue weighted by atomic mass is 16.3. The van der Waals surface area contributed by atoms with Crippen LogP contribution in [0.1, 0.15) is 19.7 Å². The van der Waals surface area contributed by atoms with Crippen LogP contribution in [0.5, 0.6) is 0 Å². The Labute approximate surface area is 70.2 Å². The summed E-state index contributed by atoms with van der Waals surface area (Å²) >= 11 is 0. The molecular weight excluding hydrogens is 158 g/mol. The van der Waals surface area contributed by atoms with Gasteiger partial charge in [0.1, 0.15) is 0 Å². The van der Waals surface area contributed by atoms with Crippen molar-refractivity contribution in [2.45, 2.75) is 19.3 Å². The van der Waals surface area contributed by atoms with Crippen LogP contribution in [0.15, 0.2) is 0 Å². The van der Waals surface area contributed by atoms with Gasteiger partial charge in [-0.3, -0.25) is 0 Å². The second kappa shape index (κ2) is 2.63. The summed E-state index contributed by atoms with van der Waals surface area (Å²) < 4.78 is 1.18. The van der Waals surface area contributed by atoms with Crippen LogP contribution in [-0.4, -0.2) is 26.6 Å². The molecule has 0 aliphatic carbocycles. The summed E-state index contributed by atoms with van der Waals surface area (Å²) in [5.74, 6) is 6.14. The maximum absolute atomic E-state index is 9.00. The molecule has 0 atom stereocenters. The van der Waals surface area contributed by atoms with Gasteiger partial charge in [0.25, 0.3) is 0 Å². The highest BCUT2D eigenvalue weighted by Gasteiger charge is 2.26. The van der Waals surface area contributed by atoms with Crippen LogP contribution in [0, 0.1) is 0 Å². The molecule has 0 fully saturated rings. The van der Waals surface area contributed by atoms with Crippen LogP contribution >= 0.6 is 0 Å². The number of nitrogens with two attached hydrogens (primary N) is 2. The standard InChI is InChI=1S/C6H13N5O/c1-6(2,3-12)4-9-10-5(7)11(4)8/h12H,3,8H2,1-2H3,(H2,7,10). The Morgan fingerprint density at radius 3 is 2.42 bits per heavy atom. The molecule has 1 aromatic heterocycles. The minimum Gasteiger partial charge on any atom is -0.395 e. The number of aromatic nitrogens is 3. The third-order valence-electron chi connectivity index (χ3n) is 1.72. The Bertz CT molecular complexity index is 279. The van der Waals surface area contributed by atoms with Crippen molar-refractivity contribution in [3.8, 4) is 0 Å². The summed E-state index contributed by atoms with van der Waals surface area (Å²) in [5.41, 5.74) is 4.86. The summed E-state index contributed by atoms with van der Waals surface area (Å²) in [5, 5.41) is 16.3. The molecule has 5 N–H and O–H groups in total. The van der Waals surface area contributed by atoms with E-state index >= 15 is 0 Å². The van der Waals surface area contributed by atoms with Crippen LogP contribution in [0.4, 0.5) is 5.95 Å². The number of anilines is 1. The third kappa shape index (κ3) is 1.20. The van der Waals surface area contributed by atoms with Gasteiger partial charge in [0.15, 0.2) is 5.82 Å². The Balaban J connectivity index is 3.11. The Hall–Kier alpha value is -1.30. The largest absolute Gasteiger partial charge is 0.395 e. The second-order valence-electron chi connectivity index (χ2n) is 3.29. The lowest BCUT2D eigenvalue weighted by atomic mass is 9.94. The number of hydrogen-bond acceptors (Lipinski definition) is 5. The fraction of sp³-hybridized carbons (Fsp3) is 0.667. The van der Waals surface area contributed by atoms with Gasteiger partial charge in [-0.05, 0) is 0 Å². The predicted molar refractivity (Wildman–Crippen MR) is 44.7 cm³/mol. The van der Waals surface area contributed by atoms with Crippen molar-refractivity contribution in [2.24, 2.45) is 0 Å². The van der Waals surface area contributed by atoms with E-state index in [1.165, 1.54) is 4.68 Å². The number of aliphatic hydroxyl groups is 1. The van der Waals surface area contributed by atoms with Gasteiger partial charge >= 0.3 is 0 Å². The number of rotatable bonds is 2. The second-order valence-corrected chi connectivity index (χ2v) is 3.29. The molecule has 0 aliphatic heterocycles. The zero-order valence-electron chi connectivity index (χ0n) is 7.15. The monoisotopic (exact) mass is 171 g/mol. The Kier molecular flexibility index (Phi) is 1.93. The van der Waals surface area contributed by atoms with E-state index in [0.717, 1.165) is 0 Å². The van der Waals surface area contributed by atoms with Crippen LogP contribution < -0.4 is 11.6 Å². The first kappa shape index (κ1) is 8.79. The molecule has 0 aromatic carbocycles. The average molecular weight is 171 g/mol. The number of nitrogen functional groups attached to an aromatic ring is 2. The van der Waals surface area contributed by atoms with E-state index in [9.17, 15) is 0 Å². The average Bonchev–Trinajstić information content (AvgIpc) is 2.33. The molecule has 0 radical (unpaired) electrons. The molecule has 0 amide bonds. The van der Waals surface area contributed by atoms with Crippen molar-refractivity contribution < 1.29 is 5.11 Å². The van der Waals surface area contributed by atoms with E-state index in [2.05, 4.69) is 10.2 Å². The normalized spacial score (nSPS) is 11.9. The quantitative estimate of drug-likeness (QED) is 0.487. The third-order valence-corrected chi connectivity index (χ3v) is 1.72. The molecule has 68 valence electrons. The molecule has 1 heterocycles. The van der Waals surface area contributed by atoms with Crippen LogP contribution in [-0.2, 0) is 5.41 Å². The first-order valence-electron chi connectivity index (χ1n) is 3.56. The molecule has 0 aliphatic rings. The number of hydrogen-bond donors (Lipinski definition) is 3. The van der Waals surface area contributed by atoms with Crippen molar-refractivity contribution in [1.29, 1.82) is 0 Å². The van der Waals surface area contributed by atoms with Gasteiger partial charge in [-0.2, -0.15) is 0 Å². The highest BCUT2D eigenvalue weighted by Crippen LogP contribution is 2.19. The maximum atomic E-state index is 9.00. The van der Waals surface area contributed by atoms with Crippen molar-refractivity contribution in [2.75, 3.05) is 18.2 Å². The first-order chi connectivity index (χ1) is 5.49. The SMILES string of the molecule is CC(C)(CO)c1nnc(N)n1N. The topological polar surface area (TPSA) is 103 Å². The molecule has 0 saturated heterocycles. The van der Waals surface area contributed by atoms with E-state index in [-0.39, 0.29) is 12.6 Å². The number of aliphatic hydroxyl groups excluding tert-OH is 1. The Morgan fingerprint density at radius 2 is 2.08 bits per heavy atom. The number of nitrogens with zero attached hydrogens (tertiary/aromatic N) is 3. The zero-order chi connectivity index (χ0) is 9.35. The summed E-state index contributed by atoms with van der Waals surface area (Å²) in [4.78, 5) is 0. The fourth-order valence-corrected chi connectivity index (χ4v) is 0.836. The molecular formula is C6H13N5O. The van der Waals surface area contributed by atoms with Gasteiger partial charge < -0.3 is 16.7 Å². The van der Waals surface area contributed by atoms with Gasteiger partial charge in [-0.15, -0.1) is 10.2 Å². The van der Waals surface area contributed by atoms with E-state index in [0.29, 0.717) is 5.82 Å². The van der Waals surface area contributed by atoms with Gasteiger partial charge in [0, 0.05) is 5.41 Å². The van der Waals surface area contributed by atoms with Gasteiger partial charge in [0.05, 0.1) is 6.61 Å². The maximum Gasteiger partial charge on any atom is 0.240 e. The highest BCUT2D eigenvalue weighted by molar-refractivity contribution is 5.21. The summed E-state index contributed by atoms with van der Waals surface area (Å²) in [6.45, 7) is 3.56. The molecule has 6 heteroatoms. The first-order valence-corrected chi connectivity index (χ1v) is 3.56. The van der Waals surface area contributed by atoms with E-state index in [4.69, 9.17) is 16.7 Å². The van der Waals surface area contributed by atoms with Crippen LogP contribution in [0.3, 0.4) is 0 Å². The zero-order valence-corrected chi connectivity index (χ0v) is 7.15. The van der Waals surface area contributed by atoms with Gasteiger partial charge in [0.2, 0.25) is 5.95 Å². The van der Waals surface area contributed by atoms with E-state index in [1.807, 2.05) is 0 Å². The fourth-order valence-electron chi connectivity index (χ4n) is 0.836. The van der Waals surface area contributed by atoms with Gasteiger partial charge in [-0.25, -0.2) is 4.68 Å². The lowest BCUT2D eigenvalue weighted by Crippen LogP contribution is -2.30. The summed E-state index contributed by atoms with van der Waals surface area (Å²) in [6.07, 6.45) is 0. The molecule has 1 aromatic rings. The predicted octanol–water partition coefficient (Wildman–Crippen LogP) is -1.16. The smallest absolute Gasteiger partial charge is 0.240 e. The minimum absolute atomic E-state index is 0.0532. The summed E-state index contributed by atoms with van der Waals surface area (Å²) in [6, 6.07) is 0. The molecule has 12 heavy (non-hydrogen) atoms. The molecule has 0 bridgehead atoms. The molecule has 0 saturated carbocycles. The minimum atomic E-state index is -0.515. The lowest BCUT2D eigenvalue weighted by molar-refractivity contribution is 0.209. The molecule has 6 nitrogen and oxygen atoms in total.